The second-order valence-electron chi connectivity index (χ2n) is 7.25. The molecule has 0 radical (unpaired) electrons. The third-order valence-corrected chi connectivity index (χ3v) is 6.31. The molecule has 130 valence electrons. The maximum Gasteiger partial charge on any atom is 0.238 e. The molecular formula is C19H19ClN2O3. The lowest BCUT2D eigenvalue weighted by Gasteiger charge is -2.30. The summed E-state index contributed by atoms with van der Waals surface area (Å²) >= 11 is 6.48. The van der Waals surface area contributed by atoms with Crippen molar-refractivity contribution in [2.75, 3.05) is 36.1 Å². The molecule has 4 aliphatic rings. The molecule has 2 bridgehead atoms. The molecule has 2 heterocycles. The highest BCUT2D eigenvalue weighted by atomic mass is 35.5. The van der Waals surface area contributed by atoms with Gasteiger partial charge in [-0.3, -0.25) is 9.59 Å². The van der Waals surface area contributed by atoms with Crippen LogP contribution < -0.4 is 9.80 Å². The van der Waals surface area contributed by atoms with Crippen LogP contribution in [-0.4, -0.2) is 38.1 Å². The molecule has 5 nitrogen and oxygen atoms in total. The van der Waals surface area contributed by atoms with Crippen LogP contribution in [0, 0.1) is 23.7 Å². The van der Waals surface area contributed by atoms with Gasteiger partial charge >= 0.3 is 0 Å². The van der Waals surface area contributed by atoms with E-state index in [1.54, 1.807) is 6.07 Å². The van der Waals surface area contributed by atoms with E-state index >= 15 is 0 Å². The number of benzene rings is 1. The lowest BCUT2D eigenvalue weighted by Crippen LogP contribution is -2.36. The molecule has 1 saturated carbocycles. The van der Waals surface area contributed by atoms with Gasteiger partial charge in [-0.05, 0) is 36.5 Å². The Kier molecular flexibility index (Phi) is 3.44. The second-order valence-corrected chi connectivity index (χ2v) is 7.65. The minimum Gasteiger partial charge on any atom is -0.378 e. The molecule has 6 heteroatoms. The summed E-state index contributed by atoms with van der Waals surface area (Å²) in [5, 5.41) is 0.568. The molecule has 2 amide bonds. The van der Waals surface area contributed by atoms with E-state index in [0.717, 1.165) is 25.2 Å². The van der Waals surface area contributed by atoms with Gasteiger partial charge in [0.05, 0.1) is 41.4 Å². The van der Waals surface area contributed by atoms with Gasteiger partial charge in [-0.1, -0.05) is 23.8 Å². The number of carbonyl (C=O) groups is 2. The molecule has 0 N–H and O–H groups in total. The van der Waals surface area contributed by atoms with Crippen molar-refractivity contribution in [1.29, 1.82) is 0 Å². The van der Waals surface area contributed by atoms with Crippen molar-refractivity contribution >= 4 is 34.8 Å². The van der Waals surface area contributed by atoms with Gasteiger partial charge in [0.15, 0.2) is 0 Å². The molecule has 3 fully saturated rings. The van der Waals surface area contributed by atoms with Crippen molar-refractivity contribution in [2.45, 2.75) is 6.42 Å². The van der Waals surface area contributed by atoms with E-state index in [2.05, 4.69) is 17.1 Å². The summed E-state index contributed by atoms with van der Waals surface area (Å²) in [4.78, 5) is 29.3. The maximum absolute atomic E-state index is 12.9. The Balaban J connectivity index is 1.45. The number of nitrogens with zero attached hydrogens (tertiary/aromatic N) is 2. The molecule has 0 spiro atoms. The van der Waals surface area contributed by atoms with Crippen LogP contribution in [0.25, 0.3) is 0 Å². The molecule has 2 aliphatic carbocycles. The number of carbonyl (C=O) groups excluding carboxylic acids is 2. The zero-order valence-electron chi connectivity index (χ0n) is 13.7. The highest BCUT2D eigenvalue weighted by molar-refractivity contribution is 6.34. The molecule has 2 saturated heterocycles. The van der Waals surface area contributed by atoms with Crippen LogP contribution in [-0.2, 0) is 14.3 Å². The van der Waals surface area contributed by atoms with Crippen LogP contribution in [0.15, 0.2) is 30.4 Å². The summed E-state index contributed by atoms with van der Waals surface area (Å²) in [6.07, 6.45) is 5.15. The summed E-state index contributed by atoms with van der Waals surface area (Å²) in [7, 11) is 0. The summed E-state index contributed by atoms with van der Waals surface area (Å²) < 4.78 is 5.37. The van der Waals surface area contributed by atoms with Crippen LogP contribution in [0.2, 0.25) is 5.02 Å². The lowest BCUT2D eigenvalue weighted by molar-refractivity contribution is -0.123. The number of allylic oxidation sites excluding steroid dienone is 2. The number of amides is 2. The SMILES string of the molecule is O=C1[C@@H]2[C@H](C(=O)N1c1ccc(N3CCOCC3)c(Cl)c1)[C@@H]1C=C[C@H]2C1. The number of anilines is 2. The zero-order chi connectivity index (χ0) is 17.1. The molecule has 0 aromatic heterocycles. The van der Waals surface area contributed by atoms with Gasteiger partial charge in [0.1, 0.15) is 0 Å². The number of halogens is 1. The van der Waals surface area contributed by atoms with Crippen molar-refractivity contribution in [3.05, 3.63) is 35.4 Å². The monoisotopic (exact) mass is 358 g/mol. The first-order chi connectivity index (χ1) is 12.1. The first kappa shape index (κ1) is 15.4. The van der Waals surface area contributed by atoms with E-state index in [9.17, 15) is 9.59 Å². The summed E-state index contributed by atoms with van der Waals surface area (Å²) in [5.74, 6) is -0.0523. The number of hydrogen-bond acceptors (Lipinski definition) is 4. The van der Waals surface area contributed by atoms with Crippen LogP contribution in [0.1, 0.15) is 6.42 Å². The van der Waals surface area contributed by atoms with E-state index < -0.39 is 0 Å². The van der Waals surface area contributed by atoms with Gasteiger partial charge in [0.2, 0.25) is 11.8 Å². The fourth-order valence-corrected chi connectivity index (χ4v) is 5.15. The fraction of sp³-hybridized carbons (Fsp3) is 0.474. The minimum atomic E-state index is -0.180. The predicted octanol–water partition coefficient (Wildman–Crippen LogP) is 2.49. The van der Waals surface area contributed by atoms with E-state index in [1.807, 2.05) is 12.1 Å². The molecule has 1 aromatic rings. The maximum atomic E-state index is 12.9. The number of ether oxygens (including phenoxy) is 1. The van der Waals surface area contributed by atoms with Crippen LogP contribution >= 0.6 is 11.6 Å². The lowest BCUT2D eigenvalue weighted by atomic mass is 9.85. The molecule has 5 rings (SSSR count). The van der Waals surface area contributed by atoms with Crippen LogP contribution in [0.4, 0.5) is 11.4 Å². The number of rotatable bonds is 2. The molecule has 4 atom stereocenters. The third kappa shape index (κ3) is 2.19. The highest BCUT2D eigenvalue weighted by Crippen LogP contribution is 2.53. The fourth-order valence-electron chi connectivity index (χ4n) is 4.85. The largest absolute Gasteiger partial charge is 0.378 e. The van der Waals surface area contributed by atoms with Crippen LogP contribution in [0.3, 0.4) is 0 Å². The standard InChI is InChI=1S/C19H19ClN2O3/c20-14-10-13(3-4-15(14)21-5-7-25-8-6-21)22-18(23)16-11-1-2-12(9-11)17(16)19(22)24/h1-4,10-12,16-17H,5-9H2/t11-,12+,16-,17+. The number of imide groups is 1. The van der Waals surface area contributed by atoms with Gasteiger partial charge in [-0.15, -0.1) is 0 Å². The quantitative estimate of drug-likeness (QED) is 0.602. The van der Waals surface area contributed by atoms with Gasteiger partial charge in [-0.25, -0.2) is 4.90 Å². The Bertz CT molecular complexity index is 757. The number of morpholine rings is 1. The topological polar surface area (TPSA) is 49.9 Å². The Hall–Kier alpha value is -1.85. The Morgan fingerprint density at radius 3 is 2.24 bits per heavy atom. The summed E-state index contributed by atoms with van der Waals surface area (Å²) in [5.41, 5.74) is 1.51. The minimum absolute atomic E-state index is 0.0676. The molecule has 2 aliphatic heterocycles. The average molecular weight is 359 g/mol. The second kappa shape index (κ2) is 5.58. The first-order valence-electron chi connectivity index (χ1n) is 8.83. The number of fused-ring (bicyclic) bond motifs is 5. The van der Waals surface area contributed by atoms with Gasteiger partial charge in [-0.2, -0.15) is 0 Å². The van der Waals surface area contributed by atoms with Crippen molar-refractivity contribution in [3.8, 4) is 0 Å². The van der Waals surface area contributed by atoms with Crippen LogP contribution in [0.5, 0.6) is 0 Å². The molecular weight excluding hydrogens is 340 g/mol. The van der Waals surface area contributed by atoms with E-state index in [4.69, 9.17) is 16.3 Å². The molecule has 25 heavy (non-hydrogen) atoms. The summed E-state index contributed by atoms with van der Waals surface area (Å²) in [6.45, 7) is 2.94. The van der Waals surface area contributed by atoms with Crippen molar-refractivity contribution in [3.63, 3.8) is 0 Å². The summed E-state index contributed by atoms with van der Waals surface area (Å²) in [6, 6.07) is 5.49. The highest BCUT2D eigenvalue weighted by Gasteiger charge is 2.59. The van der Waals surface area contributed by atoms with Gasteiger partial charge in [0, 0.05) is 13.1 Å². The molecule has 1 aromatic carbocycles. The van der Waals surface area contributed by atoms with E-state index in [0.29, 0.717) is 23.9 Å². The third-order valence-electron chi connectivity index (χ3n) is 6.01. The van der Waals surface area contributed by atoms with E-state index in [-0.39, 0.29) is 35.5 Å². The van der Waals surface area contributed by atoms with Crippen molar-refractivity contribution < 1.29 is 14.3 Å². The Morgan fingerprint density at radius 1 is 1.00 bits per heavy atom. The zero-order valence-corrected chi connectivity index (χ0v) is 14.5. The number of hydrogen-bond donors (Lipinski definition) is 0. The molecule has 0 unspecified atom stereocenters. The van der Waals surface area contributed by atoms with Gasteiger partial charge < -0.3 is 9.64 Å². The Morgan fingerprint density at radius 2 is 1.64 bits per heavy atom. The normalized spacial score (nSPS) is 33.5. The Labute approximate surface area is 151 Å². The van der Waals surface area contributed by atoms with Gasteiger partial charge in [0.25, 0.3) is 0 Å². The van der Waals surface area contributed by atoms with Crippen molar-refractivity contribution in [2.24, 2.45) is 23.7 Å². The smallest absolute Gasteiger partial charge is 0.238 e. The predicted molar refractivity (Wildman–Crippen MR) is 94.7 cm³/mol. The van der Waals surface area contributed by atoms with E-state index in [1.165, 1.54) is 4.90 Å². The average Bonchev–Trinajstić information content (AvgIpc) is 3.30. The van der Waals surface area contributed by atoms with Crippen molar-refractivity contribution in [1.82, 2.24) is 0 Å². The first-order valence-corrected chi connectivity index (χ1v) is 9.21.